The first-order valence-electron chi connectivity index (χ1n) is 4.29. The van der Waals surface area contributed by atoms with E-state index < -0.39 is 19.7 Å². The molecule has 0 radical (unpaired) electrons. The Morgan fingerprint density at radius 1 is 1.00 bits per heavy atom. The average molecular weight is 279 g/mol. The highest BCUT2D eigenvalue weighted by atomic mass is 35.5. The van der Waals surface area contributed by atoms with Crippen molar-refractivity contribution in [1.29, 1.82) is 0 Å². The number of hydrogen-bond acceptors (Lipinski definition) is 5. The summed E-state index contributed by atoms with van der Waals surface area (Å²) in [5.74, 6) is -0.552. The fourth-order valence-electron chi connectivity index (χ4n) is 0.723. The maximum absolute atomic E-state index is 11.3. The molecule has 8 heteroatoms. The molecule has 92 valence electrons. The first kappa shape index (κ1) is 15.2. The number of halogens is 1. The van der Waals surface area contributed by atoms with E-state index in [2.05, 4.69) is 0 Å². The Morgan fingerprint density at radius 2 is 1.60 bits per heavy atom. The van der Waals surface area contributed by atoms with Gasteiger partial charge in [0.05, 0.1) is 30.5 Å². The molecule has 0 amide bonds. The van der Waals surface area contributed by atoms with Gasteiger partial charge < -0.3 is 4.74 Å². The molecule has 0 rings (SSSR count). The van der Waals surface area contributed by atoms with E-state index in [0.717, 1.165) is 6.26 Å². The van der Waals surface area contributed by atoms with Crippen LogP contribution in [0.15, 0.2) is 0 Å². The summed E-state index contributed by atoms with van der Waals surface area (Å²) < 4.78 is 48.9. The molecule has 0 saturated heterocycles. The van der Waals surface area contributed by atoms with Gasteiger partial charge in [0.2, 0.25) is 0 Å². The van der Waals surface area contributed by atoms with Crippen LogP contribution in [0, 0.1) is 0 Å². The van der Waals surface area contributed by atoms with Crippen LogP contribution < -0.4 is 0 Å². The molecule has 0 aliphatic heterocycles. The molecule has 0 heterocycles. The van der Waals surface area contributed by atoms with Gasteiger partial charge in [-0.25, -0.2) is 16.8 Å². The molecule has 0 aliphatic carbocycles. The minimum Gasteiger partial charge on any atom is -0.379 e. The average Bonchev–Trinajstić information content (AvgIpc) is 2.09. The van der Waals surface area contributed by atoms with Crippen LogP contribution >= 0.6 is 11.6 Å². The standard InChI is InChI=1S/C7H15ClO5S2/c1-14(9,10)6-7-15(11,12)5-4-13-3-2-8/h2-7H2,1H3. The fourth-order valence-corrected chi connectivity index (χ4v) is 3.63. The Balaban J connectivity index is 3.88. The molecule has 0 aromatic carbocycles. The van der Waals surface area contributed by atoms with Crippen LogP contribution in [-0.2, 0) is 24.4 Å². The van der Waals surface area contributed by atoms with Gasteiger partial charge in [-0.05, 0) is 0 Å². The Bertz CT molecular complexity index is 359. The van der Waals surface area contributed by atoms with E-state index in [0.29, 0.717) is 12.5 Å². The molecule has 15 heavy (non-hydrogen) atoms. The van der Waals surface area contributed by atoms with Gasteiger partial charge in [-0.3, -0.25) is 0 Å². The SMILES string of the molecule is CS(=O)(=O)CCS(=O)(=O)CCOCCCl. The summed E-state index contributed by atoms with van der Waals surface area (Å²) in [5.41, 5.74) is 0. The zero-order valence-electron chi connectivity index (χ0n) is 8.48. The minimum atomic E-state index is -3.34. The summed E-state index contributed by atoms with van der Waals surface area (Å²) in [4.78, 5) is 0. The van der Waals surface area contributed by atoms with E-state index in [4.69, 9.17) is 16.3 Å². The zero-order chi connectivity index (χ0) is 11.9. The third-order valence-corrected chi connectivity index (χ3v) is 4.50. The summed E-state index contributed by atoms with van der Waals surface area (Å²) in [6, 6.07) is 0. The third-order valence-electron chi connectivity index (χ3n) is 1.53. The van der Waals surface area contributed by atoms with Gasteiger partial charge in [0.15, 0.2) is 9.84 Å². The lowest BCUT2D eigenvalue weighted by Gasteiger charge is -2.03. The largest absolute Gasteiger partial charge is 0.379 e. The van der Waals surface area contributed by atoms with E-state index in [9.17, 15) is 16.8 Å². The first-order valence-corrected chi connectivity index (χ1v) is 8.70. The normalized spacial score (nSPS) is 12.9. The van der Waals surface area contributed by atoms with Crippen molar-refractivity contribution in [1.82, 2.24) is 0 Å². The third kappa shape index (κ3) is 10.4. The van der Waals surface area contributed by atoms with E-state index in [-0.39, 0.29) is 23.9 Å². The van der Waals surface area contributed by atoms with Crippen molar-refractivity contribution >= 4 is 31.3 Å². The maximum atomic E-state index is 11.3. The lowest BCUT2D eigenvalue weighted by Crippen LogP contribution is -2.21. The van der Waals surface area contributed by atoms with E-state index in [1.807, 2.05) is 0 Å². The van der Waals surface area contributed by atoms with Crippen LogP contribution in [0.1, 0.15) is 0 Å². The monoisotopic (exact) mass is 278 g/mol. The van der Waals surface area contributed by atoms with Gasteiger partial charge in [-0.1, -0.05) is 0 Å². The van der Waals surface area contributed by atoms with Crippen LogP contribution in [0.3, 0.4) is 0 Å². The maximum Gasteiger partial charge on any atom is 0.153 e. The summed E-state index contributed by atoms with van der Waals surface area (Å²) >= 11 is 5.32. The van der Waals surface area contributed by atoms with Gasteiger partial charge in [-0.2, -0.15) is 0 Å². The fraction of sp³-hybridized carbons (Fsp3) is 1.00. The molecule has 0 aromatic rings. The van der Waals surface area contributed by atoms with E-state index in [1.54, 1.807) is 0 Å². The zero-order valence-corrected chi connectivity index (χ0v) is 10.9. The van der Waals surface area contributed by atoms with Gasteiger partial charge >= 0.3 is 0 Å². The van der Waals surface area contributed by atoms with E-state index >= 15 is 0 Å². The van der Waals surface area contributed by atoms with Crippen molar-refractivity contribution < 1.29 is 21.6 Å². The number of rotatable bonds is 8. The second-order valence-electron chi connectivity index (χ2n) is 3.08. The van der Waals surface area contributed by atoms with Crippen LogP contribution in [0.4, 0.5) is 0 Å². The summed E-state index contributed by atoms with van der Waals surface area (Å²) in [6.45, 7) is 0.349. The van der Waals surface area contributed by atoms with Gasteiger partial charge in [-0.15, -0.1) is 11.6 Å². The highest BCUT2D eigenvalue weighted by molar-refractivity contribution is 7.94. The number of hydrogen-bond donors (Lipinski definition) is 0. The molecule has 0 fully saturated rings. The quantitative estimate of drug-likeness (QED) is 0.450. The lowest BCUT2D eigenvalue weighted by molar-refractivity contribution is 0.165. The van der Waals surface area contributed by atoms with Crippen LogP contribution in [-0.4, -0.2) is 59.4 Å². The predicted molar refractivity (Wildman–Crippen MR) is 59.9 cm³/mol. The molecule has 0 saturated carbocycles. The molecule has 0 bridgehead atoms. The Hall–Kier alpha value is 0.150. The van der Waals surface area contributed by atoms with Crippen LogP contribution in [0.2, 0.25) is 0 Å². The molecule has 0 N–H and O–H groups in total. The molecule has 0 unspecified atom stereocenters. The van der Waals surface area contributed by atoms with Crippen LogP contribution in [0.5, 0.6) is 0 Å². The number of ether oxygens (including phenoxy) is 1. The molecule has 0 atom stereocenters. The van der Waals surface area contributed by atoms with E-state index in [1.165, 1.54) is 0 Å². The second kappa shape index (κ2) is 6.67. The highest BCUT2D eigenvalue weighted by Crippen LogP contribution is 1.94. The first-order chi connectivity index (χ1) is 6.77. The summed E-state index contributed by atoms with van der Waals surface area (Å²) in [5, 5.41) is 0. The molecular formula is C7H15ClO5S2. The Kier molecular flexibility index (Phi) is 6.74. The van der Waals surface area contributed by atoms with Crippen molar-refractivity contribution in [3.8, 4) is 0 Å². The smallest absolute Gasteiger partial charge is 0.153 e. The summed E-state index contributed by atoms with van der Waals surface area (Å²) in [6.07, 6.45) is 1.01. The van der Waals surface area contributed by atoms with Crippen molar-refractivity contribution in [2.45, 2.75) is 0 Å². The lowest BCUT2D eigenvalue weighted by atomic mass is 10.8. The van der Waals surface area contributed by atoms with Crippen molar-refractivity contribution in [3.63, 3.8) is 0 Å². The summed E-state index contributed by atoms with van der Waals surface area (Å²) in [7, 11) is -6.58. The van der Waals surface area contributed by atoms with Crippen molar-refractivity contribution in [2.24, 2.45) is 0 Å². The Labute approximate surface area is 95.6 Å². The Morgan fingerprint density at radius 3 is 2.07 bits per heavy atom. The second-order valence-corrected chi connectivity index (χ2v) is 8.02. The van der Waals surface area contributed by atoms with Crippen molar-refractivity contribution in [3.05, 3.63) is 0 Å². The number of alkyl halides is 1. The molecule has 0 spiro atoms. The van der Waals surface area contributed by atoms with Gasteiger partial charge in [0.1, 0.15) is 9.84 Å². The molecule has 0 aromatic heterocycles. The highest BCUT2D eigenvalue weighted by Gasteiger charge is 2.14. The molecule has 5 nitrogen and oxygen atoms in total. The van der Waals surface area contributed by atoms with Gasteiger partial charge in [0.25, 0.3) is 0 Å². The number of sulfone groups is 2. The topological polar surface area (TPSA) is 77.5 Å². The van der Waals surface area contributed by atoms with Crippen LogP contribution in [0.25, 0.3) is 0 Å². The molecule has 0 aliphatic rings. The van der Waals surface area contributed by atoms with Crippen molar-refractivity contribution in [2.75, 3.05) is 42.6 Å². The molecular weight excluding hydrogens is 264 g/mol. The van der Waals surface area contributed by atoms with Gasteiger partial charge in [0, 0.05) is 12.1 Å². The predicted octanol–water partition coefficient (Wildman–Crippen LogP) is -0.299. The minimum absolute atomic E-state index is 0.0544.